The number of likely N-dealkylation sites (tertiary alicyclic amines) is 1. The lowest BCUT2D eigenvalue weighted by Crippen LogP contribution is -2.47. The summed E-state index contributed by atoms with van der Waals surface area (Å²) in [6.45, 7) is 3.86. The molecule has 1 unspecified atom stereocenters. The van der Waals surface area contributed by atoms with E-state index in [1.807, 2.05) is 71.3 Å². The lowest BCUT2D eigenvalue weighted by molar-refractivity contribution is -0.134. The average molecular weight is 401 g/mol. The van der Waals surface area contributed by atoms with Crippen molar-refractivity contribution in [3.63, 3.8) is 0 Å². The van der Waals surface area contributed by atoms with Crippen molar-refractivity contribution in [2.45, 2.75) is 26.2 Å². The Kier molecular flexibility index (Phi) is 6.12. The van der Waals surface area contributed by atoms with Gasteiger partial charge >= 0.3 is 0 Å². The van der Waals surface area contributed by atoms with Gasteiger partial charge in [-0.05, 0) is 36.8 Å². The number of fused-ring (bicyclic) bond motifs is 1. The predicted molar refractivity (Wildman–Crippen MR) is 121 cm³/mol. The molecule has 1 atom stereocenters. The summed E-state index contributed by atoms with van der Waals surface area (Å²) < 4.78 is 0. The highest BCUT2D eigenvalue weighted by molar-refractivity contribution is 6.04. The van der Waals surface area contributed by atoms with Crippen molar-refractivity contribution in [3.05, 3.63) is 78.4 Å². The van der Waals surface area contributed by atoms with E-state index in [-0.39, 0.29) is 17.7 Å². The van der Waals surface area contributed by atoms with Crippen LogP contribution in [0.2, 0.25) is 0 Å². The Morgan fingerprint density at radius 1 is 0.967 bits per heavy atom. The Bertz CT molecular complexity index is 1030. The summed E-state index contributed by atoms with van der Waals surface area (Å²) in [5, 5.41) is 2.22. The number of hydrogen-bond acceptors (Lipinski definition) is 2. The molecule has 2 amide bonds. The zero-order valence-electron chi connectivity index (χ0n) is 17.5. The van der Waals surface area contributed by atoms with Crippen LogP contribution in [0.25, 0.3) is 10.8 Å². The van der Waals surface area contributed by atoms with E-state index in [0.717, 1.165) is 41.4 Å². The molecule has 1 fully saturated rings. The first-order chi connectivity index (χ1) is 14.7. The lowest BCUT2D eigenvalue weighted by atomic mass is 9.95. The molecule has 1 heterocycles. The van der Waals surface area contributed by atoms with Gasteiger partial charge in [-0.15, -0.1) is 0 Å². The third kappa shape index (κ3) is 4.23. The summed E-state index contributed by atoms with van der Waals surface area (Å²) in [4.78, 5) is 30.1. The van der Waals surface area contributed by atoms with Crippen molar-refractivity contribution < 1.29 is 9.59 Å². The van der Waals surface area contributed by atoms with Crippen molar-refractivity contribution in [3.8, 4) is 0 Å². The largest absolute Gasteiger partial charge is 0.342 e. The minimum Gasteiger partial charge on any atom is -0.342 e. The number of carbonyl (C=O) groups excluding carboxylic acids is 2. The third-order valence-corrected chi connectivity index (χ3v) is 5.96. The minimum absolute atomic E-state index is 0.104. The molecule has 0 N–H and O–H groups in total. The van der Waals surface area contributed by atoms with Crippen LogP contribution in [0.4, 0.5) is 5.69 Å². The second kappa shape index (κ2) is 9.12. The summed E-state index contributed by atoms with van der Waals surface area (Å²) in [7, 11) is 0. The van der Waals surface area contributed by atoms with Crippen LogP contribution in [0.1, 0.15) is 25.3 Å². The molecule has 0 saturated carbocycles. The molecule has 4 heteroatoms. The van der Waals surface area contributed by atoms with Gasteiger partial charge in [0.05, 0.1) is 18.0 Å². The van der Waals surface area contributed by atoms with Gasteiger partial charge in [0.25, 0.3) is 0 Å². The van der Waals surface area contributed by atoms with Crippen LogP contribution in [0, 0.1) is 5.92 Å². The fourth-order valence-electron chi connectivity index (χ4n) is 4.40. The first-order valence-corrected chi connectivity index (χ1v) is 10.8. The highest BCUT2D eigenvalue weighted by Gasteiger charge is 2.31. The van der Waals surface area contributed by atoms with E-state index in [1.54, 1.807) is 0 Å². The molecule has 3 aromatic rings. The standard InChI is InChI=1S/C26H28N2O2/c1-2-28(24-16-8-13-21-12-6-7-15-23(21)24)26(30)22-14-9-17-27(19-22)25(29)18-20-10-4-3-5-11-20/h3-8,10-13,15-16,22H,2,9,14,17-19H2,1H3. The van der Waals surface area contributed by atoms with E-state index in [0.29, 0.717) is 19.5 Å². The number of amides is 2. The van der Waals surface area contributed by atoms with Crippen LogP contribution in [-0.2, 0) is 16.0 Å². The normalized spacial score (nSPS) is 16.4. The first kappa shape index (κ1) is 20.1. The summed E-state index contributed by atoms with van der Waals surface area (Å²) in [5.41, 5.74) is 1.97. The highest BCUT2D eigenvalue weighted by atomic mass is 16.2. The Balaban J connectivity index is 1.51. The fraction of sp³-hybridized carbons (Fsp3) is 0.308. The van der Waals surface area contributed by atoms with Gasteiger partial charge in [0.2, 0.25) is 11.8 Å². The molecule has 0 bridgehead atoms. The smallest absolute Gasteiger partial charge is 0.231 e. The van der Waals surface area contributed by atoms with Crippen LogP contribution in [0.3, 0.4) is 0 Å². The molecule has 0 spiro atoms. The molecule has 3 aromatic carbocycles. The molecular weight excluding hydrogens is 372 g/mol. The molecule has 0 aliphatic carbocycles. The first-order valence-electron chi connectivity index (χ1n) is 10.8. The molecule has 4 rings (SSSR count). The van der Waals surface area contributed by atoms with Gasteiger partial charge in [0, 0.05) is 25.0 Å². The van der Waals surface area contributed by atoms with Gasteiger partial charge in [-0.3, -0.25) is 9.59 Å². The maximum Gasteiger partial charge on any atom is 0.231 e. The number of anilines is 1. The molecule has 30 heavy (non-hydrogen) atoms. The number of rotatable bonds is 5. The number of carbonyl (C=O) groups is 2. The summed E-state index contributed by atoms with van der Waals surface area (Å²) in [6.07, 6.45) is 2.09. The van der Waals surface area contributed by atoms with E-state index in [4.69, 9.17) is 0 Å². The monoisotopic (exact) mass is 400 g/mol. The van der Waals surface area contributed by atoms with Gasteiger partial charge < -0.3 is 9.80 Å². The summed E-state index contributed by atoms with van der Waals surface area (Å²) in [5.74, 6) is 0.0652. The Hall–Kier alpha value is -3.14. The van der Waals surface area contributed by atoms with Gasteiger partial charge in [-0.25, -0.2) is 0 Å². The van der Waals surface area contributed by atoms with Crippen molar-refractivity contribution in [1.29, 1.82) is 0 Å². The summed E-state index contributed by atoms with van der Waals surface area (Å²) >= 11 is 0. The van der Waals surface area contributed by atoms with Crippen LogP contribution >= 0.6 is 0 Å². The van der Waals surface area contributed by atoms with E-state index in [1.165, 1.54) is 0 Å². The number of hydrogen-bond donors (Lipinski definition) is 0. The van der Waals surface area contributed by atoms with Crippen LogP contribution < -0.4 is 4.90 Å². The molecule has 1 aliphatic heterocycles. The minimum atomic E-state index is -0.155. The van der Waals surface area contributed by atoms with Crippen LogP contribution in [0.5, 0.6) is 0 Å². The topological polar surface area (TPSA) is 40.6 Å². The zero-order chi connectivity index (χ0) is 20.9. The highest BCUT2D eigenvalue weighted by Crippen LogP contribution is 2.29. The quantitative estimate of drug-likeness (QED) is 0.624. The maximum absolute atomic E-state index is 13.5. The van der Waals surface area contributed by atoms with Gasteiger partial charge in [0.1, 0.15) is 0 Å². The Morgan fingerprint density at radius 2 is 1.70 bits per heavy atom. The molecule has 1 saturated heterocycles. The zero-order valence-corrected chi connectivity index (χ0v) is 17.5. The third-order valence-electron chi connectivity index (χ3n) is 5.96. The second-order valence-electron chi connectivity index (χ2n) is 7.92. The number of piperidine rings is 1. The maximum atomic E-state index is 13.5. The van der Waals surface area contributed by atoms with Gasteiger partial charge in [-0.2, -0.15) is 0 Å². The number of benzene rings is 3. The van der Waals surface area contributed by atoms with E-state index < -0.39 is 0 Å². The average Bonchev–Trinajstić information content (AvgIpc) is 2.80. The summed E-state index contributed by atoms with van der Waals surface area (Å²) in [6, 6.07) is 24.1. The van der Waals surface area contributed by atoms with E-state index in [2.05, 4.69) is 18.2 Å². The van der Waals surface area contributed by atoms with Gasteiger partial charge in [0.15, 0.2) is 0 Å². The van der Waals surface area contributed by atoms with Gasteiger partial charge in [-0.1, -0.05) is 66.7 Å². The van der Waals surface area contributed by atoms with E-state index >= 15 is 0 Å². The van der Waals surface area contributed by atoms with Crippen molar-refractivity contribution >= 4 is 28.3 Å². The lowest BCUT2D eigenvalue weighted by Gasteiger charge is -2.35. The van der Waals surface area contributed by atoms with Crippen LogP contribution in [-0.4, -0.2) is 36.3 Å². The molecule has 4 nitrogen and oxygen atoms in total. The van der Waals surface area contributed by atoms with Crippen molar-refractivity contribution in [2.24, 2.45) is 5.92 Å². The Labute approximate surface area is 178 Å². The molecular formula is C26H28N2O2. The fourth-order valence-corrected chi connectivity index (χ4v) is 4.40. The van der Waals surface area contributed by atoms with Crippen LogP contribution in [0.15, 0.2) is 72.8 Å². The molecule has 1 aliphatic rings. The number of nitrogens with zero attached hydrogens (tertiary/aromatic N) is 2. The molecule has 0 aromatic heterocycles. The van der Waals surface area contributed by atoms with Crippen molar-refractivity contribution in [1.82, 2.24) is 4.90 Å². The second-order valence-corrected chi connectivity index (χ2v) is 7.92. The molecule has 0 radical (unpaired) electrons. The Morgan fingerprint density at radius 3 is 2.50 bits per heavy atom. The molecule has 154 valence electrons. The van der Waals surface area contributed by atoms with Crippen molar-refractivity contribution in [2.75, 3.05) is 24.5 Å². The SMILES string of the molecule is CCN(C(=O)C1CCCN(C(=O)Cc2ccccc2)C1)c1cccc2ccccc12. The van der Waals surface area contributed by atoms with E-state index in [9.17, 15) is 9.59 Å². The predicted octanol–water partition coefficient (Wildman–Crippen LogP) is 4.67.